The maximum absolute atomic E-state index is 11.6. The molecule has 0 fully saturated rings. The van der Waals surface area contributed by atoms with Crippen LogP contribution in [0.3, 0.4) is 0 Å². The van der Waals surface area contributed by atoms with Gasteiger partial charge in [-0.15, -0.1) is 0 Å². The van der Waals surface area contributed by atoms with Gasteiger partial charge in [-0.3, -0.25) is 4.79 Å². The summed E-state index contributed by atoms with van der Waals surface area (Å²) in [5.41, 5.74) is 0. The van der Waals surface area contributed by atoms with Crippen molar-refractivity contribution in [3.8, 4) is 0 Å². The van der Waals surface area contributed by atoms with Gasteiger partial charge < -0.3 is 4.74 Å². The molecule has 1 unspecified atom stereocenters. The highest BCUT2D eigenvalue weighted by Gasteiger charge is 2.11. The number of unbranched alkanes of at least 4 members (excludes halogenated alkanes) is 2. The van der Waals surface area contributed by atoms with Crippen molar-refractivity contribution in [3.05, 3.63) is 12.2 Å². The average Bonchev–Trinajstić information content (AvgIpc) is 2.45. The summed E-state index contributed by atoms with van der Waals surface area (Å²) in [7, 11) is 0. The van der Waals surface area contributed by atoms with E-state index in [0.29, 0.717) is 6.42 Å². The summed E-state index contributed by atoms with van der Waals surface area (Å²) in [5.74, 6) is 0.788. The molecule has 0 aromatic carbocycles. The second-order valence-electron chi connectivity index (χ2n) is 5.65. The molecule has 0 spiro atoms. The molecule has 0 aromatic rings. The van der Waals surface area contributed by atoms with Gasteiger partial charge in [0.15, 0.2) is 0 Å². The maximum atomic E-state index is 11.6. The lowest BCUT2D eigenvalue weighted by Crippen LogP contribution is -2.16. The van der Waals surface area contributed by atoms with Crippen LogP contribution in [0, 0.1) is 5.92 Å². The Morgan fingerprint density at radius 3 is 2.68 bits per heavy atom. The van der Waals surface area contributed by atoms with Crippen molar-refractivity contribution in [2.75, 3.05) is 0 Å². The average molecular weight is 266 g/mol. The summed E-state index contributed by atoms with van der Waals surface area (Å²) in [5, 5.41) is 0. The van der Waals surface area contributed by atoms with Gasteiger partial charge in [-0.2, -0.15) is 0 Å². The highest BCUT2D eigenvalue weighted by molar-refractivity contribution is 5.69. The number of allylic oxidation sites excluding steroid dienone is 2. The Balaban J connectivity index is 1.99. The van der Waals surface area contributed by atoms with Crippen LogP contribution in [0.4, 0.5) is 0 Å². The van der Waals surface area contributed by atoms with Crippen molar-refractivity contribution < 1.29 is 9.53 Å². The predicted octanol–water partition coefficient (Wildman–Crippen LogP) is 5.03. The monoisotopic (exact) mass is 266 g/mol. The summed E-state index contributed by atoms with van der Waals surface area (Å²) in [6, 6.07) is 0. The van der Waals surface area contributed by atoms with Gasteiger partial charge in [0, 0.05) is 6.42 Å². The van der Waals surface area contributed by atoms with Crippen molar-refractivity contribution in [2.45, 2.75) is 84.2 Å². The molecule has 0 amide bonds. The van der Waals surface area contributed by atoms with Crippen LogP contribution in [0.5, 0.6) is 0 Å². The second-order valence-corrected chi connectivity index (χ2v) is 5.65. The van der Waals surface area contributed by atoms with Crippen LogP contribution in [0.15, 0.2) is 12.2 Å². The first-order valence-corrected chi connectivity index (χ1v) is 8.12. The van der Waals surface area contributed by atoms with Gasteiger partial charge in [0.05, 0.1) is 0 Å². The summed E-state index contributed by atoms with van der Waals surface area (Å²) in [6.07, 6.45) is 15.9. The van der Waals surface area contributed by atoms with Crippen LogP contribution in [0.25, 0.3) is 0 Å². The minimum Gasteiger partial charge on any atom is -0.462 e. The number of ether oxygens (including phenoxy) is 1. The van der Waals surface area contributed by atoms with Gasteiger partial charge in [0.1, 0.15) is 6.10 Å². The first-order chi connectivity index (χ1) is 9.26. The van der Waals surface area contributed by atoms with Crippen LogP contribution < -0.4 is 0 Å². The van der Waals surface area contributed by atoms with E-state index in [9.17, 15) is 4.79 Å². The second kappa shape index (κ2) is 10.1. The molecule has 0 aliphatic heterocycles. The first kappa shape index (κ1) is 16.3. The minimum absolute atomic E-state index is 0.00809. The van der Waals surface area contributed by atoms with Crippen LogP contribution in [0.2, 0.25) is 0 Å². The van der Waals surface area contributed by atoms with E-state index < -0.39 is 0 Å². The number of esters is 1. The lowest BCUT2D eigenvalue weighted by atomic mass is 9.91. The molecule has 19 heavy (non-hydrogen) atoms. The molecule has 0 N–H and O–H groups in total. The largest absolute Gasteiger partial charge is 0.462 e. The molecule has 2 heteroatoms. The zero-order valence-corrected chi connectivity index (χ0v) is 12.7. The third kappa shape index (κ3) is 7.39. The third-order valence-electron chi connectivity index (χ3n) is 4.02. The van der Waals surface area contributed by atoms with Gasteiger partial charge in [-0.25, -0.2) is 0 Å². The van der Waals surface area contributed by atoms with Crippen molar-refractivity contribution in [2.24, 2.45) is 5.92 Å². The molecule has 0 radical (unpaired) electrons. The fraction of sp³-hybridized carbons (Fsp3) is 0.824. The molecule has 110 valence electrons. The van der Waals surface area contributed by atoms with E-state index in [2.05, 4.69) is 26.0 Å². The number of carbonyl (C=O) groups is 1. The summed E-state index contributed by atoms with van der Waals surface area (Å²) in [6.45, 7) is 4.14. The topological polar surface area (TPSA) is 26.3 Å². The van der Waals surface area contributed by atoms with Crippen molar-refractivity contribution in [1.82, 2.24) is 0 Å². The molecule has 0 heterocycles. The van der Waals surface area contributed by atoms with E-state index in [1.807, 2.05) is 0 Å². The molecular formula is C17H30O2. The van der Waals surface area contributed by atoms with Crippen LogP contribution in [0.1, 0.15) is 78.1 Å². The Morgan fingerprint density at radius 1 is 1.26 bits per heavy atom. The molecule has 0 bridgehead atoms. The van der Waals surface area contributed by atoms with Gasteiger partial charge in [0.25, 0.3) is 0 Å². The molecular weight excluding hydrogens is 236 g/mol. The summed E-state index contributed by atoms with van der Waals surface area (Å²) in [4.78, 5) is 11.6. The molecule has 0 saturated carbocycles. The zero-order valence-electron chi connectivity index (χ0n) is 12.7. The Bertz CT molecular complexity index is 266. The summed E-state index contributed by atoms with van der Waals surface area (Å²) >= 11 is 0. The Hall–Kier alpha value is -0.790. The fourth-order valence-electron chi connectivity index (χ4n) is 2.68. The number of hydrogen-bond acceptors (Lipinski definition) is 2. The van der Waals surface area contributed by atoms with Gasteiger partial charge in [0.2, 0.25) is 0 Å². The Morgan fingerprint density at radius 2 is 2.05 bits per heavy atom. The minimum atomic E-state index is -0.00809. The number of hydrogen-bond donors (Lipinski definition) is 0. The van der Waals surface area contributed by atoms with E-state index in [0.717, 1.165) is 31.6 Å². The Kier molecular flexibility index (Phi) is 8.61. The fourth-order valence-corrected chi connectivity index (χ4v) is 2.68. The van der Waals surface area contributed by atoms with Crippen molar-refractivity contribution >= 4 is 5.97 Å². The lowest BCUT2D eigenvalue weighted by Gasteiger charge is -2.16. The maximum Gasteiger partial charge on any atom is 0.306 e. The van der Waals surface area contributed by atoms with E-state index in [1.54, 1.807) is 0 Å². The third-order valence-corrected chi connectivity index (χ3v) is 4.02. The van der Waals surface area contributed by atoms with Gasteiger partial charge >= 0.3 is 5.97 Å². The van der Waals surface area contributed by atoms with Crippen LogP contribution in [-0.2, 0) is 9.53 Å². The number of rotatable bonds is 9. The van der Waals surface area contributed by atoms with Crippen LogP contribution >= 0.6 is 0 Å². The lowest BCUT2D eigenvalue weighted by molar-refractivity contribution is -0.149. The molecule has 0 aromatic heterocycles. The molecule has 2 nitrogen and oxygen atoms in total. The smallest absolute Gasteiger partial charge is 0.306 e. The van der Waals surface area contributed by atoms with E-state index in [1.165, 1.54) is 32.1 Å². The van der Waals surface area contributed by atoms with Crippen molar-refractivity contribution in [1.29, 1.82) is 0 Å². The van der Waals surface area contributed by atoms with E-state index in [4.69, 9.17) is 4.74 Å². The Labute approximate surface area is 118 Å². The predicted molar refractivity (Wildman–Crippen MR) is 80.0 cm³/mol. The normalized spacial score (nSPS) is 18.8. The van der Waals surface area contributed by atoms with Crippen LogP contribution in [-0.4, -0.2) is 12.1 Å². The molecule has 0 saturated heterocycles. The van der Waals surface area contributed by atoms with Gasteiger partial charge in [-0.1, -0.05) is 38.8 Å². The summed E-state index contributed by atoms with van der Waals surface area (Å²) < 4.78 is 5.40. The quantitative estimate of drug-likeness (QED) is 0.332. The molecule has 1 rings (SSSR count). The molecule has 1 aliphatic rings. The van der Waals surface area contributed by atoms with E-state index in [-0.39, 0.29) is 12.1 Å². The highest BCUT2D eigenvalue weighted by atomic mass is 16.5. The number of carbonyl (C=O) groups excluding carboxylic acids is 1. The van der Waals surface area contributed by atoms with Gasteiger partial charge in [-0.05, 0) is 50.9 Å². The first-order valence-electron chi connectivity index (χ1n) is 8.12. The van der Waals surface area contributed by atoms with E-state index >= 15 is 0 Å². The molecule has 1 atom stereocenters. The molecule has 1 aliphatic carbocycles. The van der Waals surface area contributed by atoms with Crippen molar-refractivity contribution in [3.63, 3.8) is 0 Å². The SMILES string of the molecule is CCC(CC)OC(=O)CCCCCC1C=CCCC1. The zero-order chi connectivity index (χ0) is 13.9. The standard InChI is InChI=1S/C17H30O2/c1-3-16(4-2)19-17(18)14-10-6-9-13-15-11-7-5-8-12-15/h7,11,15-16H,3-6,8-10,12-14H2,1-2H3. The highest BCUT2D eigenvalue weighted by Crippen LogP contribution is 2.22.